The van der Waals surface area contributed by atoms with Gasteiger partial charge in [-0.1, -0.05) is 41.4 Å². The summed E-state index contributed by atoms with van der Waals surface area (Å²) in [7, 11) is 0. The summed E-state index contributed by atoms with van der Waals surface area (Å²) >= 11 is 12.7. The lowest BCUT2D eigenvalue weighted by molar-refractivity contribution is -0.126. The Labute approximate surface area is 158 Å². The first kappa shape index (κ1) is 18.0. The molecule has 1 amide bonds. The molecule has 4 nitrogen and oxygen atoms in total. The number of carbonyl (C=O) groups is 1. The number of rotatable bonds is 4. The van der Waals surface area contributed by atoms with Crippen LogP contribution < -0.4 is 0 Å². The van der Waals surface area contributed by atoms with E-state index >= 15 is 0 Å². The molecule has 0 N–H and O–H groups in total. The summed E-state index contributed by atoms with van der Waals surface area (Å²) < 4.78 is 1.71. The van der Waals surface area contributed by atoms with Gasteiger partial charge >= 0.3 is 0 Å². The van der Waals surface area contributed by atoms with Crippen LogP contribution in [-0.2, 0) is 11.3 Å². The molecule has 25 heavy (non-hydrogen) atoms. The lowest BCUT2D eigenvalue weighted by Gasteiger charge is -2.25. The van der Waals surface area contributed by atoms with E-state index in [0.29, 0.717) is 16.7 Å². The number of likely N-dealkylation sites (tertiary alicyclic amines) is 1. The van der Waals surface area contributed by atoms with Crippen LogP contribution in [0.15, 0.2) is 30.3 Å². The van der Waals surface area contributed by atoms with Gasteiger partial charge in [0.15, 0.2) is 0 Å². The fourth-order valence-corrected chi connectivity index (χ4v) is 3.52. The normalized spacial score (nSPS) is 15.1. The molecule has 132 valence electrons. The summed E-state index contributed by atoms with van der Waals surface area (Å²) in [5.74, 6) is 0.0361. The molecule has 1 fully saturated rings. The predicted molar refractivity (Wildman–Crippen MR) is 102 cm³/mol. The van der Waals surface area contributed by atoms with Crippen molar-refractivity contribution in [3.8, 4) is 0 Å². The highest BCUT2D eigenvalue weighted by Crippen LogP contribution is 2.24. The third kappa shape index (κ3) is 4.25. The van der Waals surface area contributed by atoms with E-state index in [9.17, 15) is 4.79 Å². The summed E-state index contributed by atoms with van der Waals surface area (Å²) in [4.78, 5) is 14.2. The molecular formula is C19H21Cl2N3O. The van der Waals surface area contributed by atoms with Crippen LogP contribution in [-0.4, -0.2) is 33.7 Å². The van der Waals surface area contributed by atoms with Crippen LogP contribution >= 0.6 is 23.2 Å². The molecule has 1 aliphatic rings. The molecule has 0 unspecified atom stereocenters. The Kier molecular flexibility index (Phi) is 5.82. The zero-order valence-corrected chi connectivity index (χ0v) is 15.7. The minimum Gasteiger partial charge on any atom is -0.339 e. The van der Waals surface area contributed by atoms with Crippen molar-refractivity contribution in [3.05, 3.63) is 57.3 Å². The summed E-state index contributed by atoms with van der Waals surface area (Å²) in [6, 6.07) is 7.62. The minimum atomic E-state index is 0.0361. The second-order valence-corrected chi connectivity index (χ2v) is 7.02. The number of aromatic nitrogens is 2. The molecule has 0 saturated carbocycles. The number of carbonyl (C=O) groups excluding carboxylic acids is 1. The molecule has 1 aromatic carbocycles. The van der Waals surface area contributed by atoms with Crippen LogP contribution in [0.1, 0.15) is 36.1 Å². The average Bonchev–Trinajstić information content (AvgIpc) is 2.89. The first-order valence-electron chi connectivity index (χ1n) is 8.49. The van der Waals surface area contributed by atoms with E-state index in [0.717, 1.165) is 42.8 Å². The van der Waals surface area contributed by atoms with Crippen LogP contribution in [0.2, 0.25) is 10.2 Å². The van der Waals surface area contributed by atoms with Crippen molar-refractivity contribution in [3.63, 3.8) is 0 Å². The Morgan fingerprint density at radius 1 is 1.20 bits per heavy atom. The maximum atomic E-state index is 12.3. The Balaban J connectivity index is 1.76. The first-order chi connectivity index (χ1) is 12.1. The van der Waals surface area contributed by atoms with E-state index in [-0.39, 0.29) is 5.91 Å². The molecule has 6 heteroatoms. The molecule has 0 aliphatic carbocycles. The smallest absolute Gasteiger partial charge is 0.246 e. The molecule has 0 atom stereocenters. The number of halogens is 2. The van der Waals surface area contributed by atoms with Crippen molar-refractivity contribution in [2.24, 2.45) is 0 Å². The SMILES string of the molecule is Cc1nn(Cc2ccccc2Cl)c(Cl)c1/C=C/C(=O)N1CCCCC1. The second-order valence-electron chi connectivity index (χ2n) is 6.26. The van der Waals surface area contributed by atoms with Gasteiger partial charge in [0, 0.05) is 29.8 Å². The van der Waals surface area contributed by atoms with Crippen molar-refractivity contribution in [2.45, 2.75) is 32.7 Å². The largest absolute Gasteiger partial charge is 0.339 e. The predicted octanol–water partition coefficient (Wildman–Crippen LogP) is 4.57. The zero-order chi connectivity index (χ0) is 17.8. The maximum absolute atomic E-state index is 12.3. The summed E-state index contributed by atoms with van der Waals surface area (Å²) in [5.41, 5.74) is 2.52. The van der Waals surface area contributed by atoms with E-state index in [1.165, 1.54) is 6.42 Å². The van der Waals surface area contributed by atoms with E-state index < -0.39 is 0 Å². The Bertz CT molecular complexity index is 792. The number of amides is 1. The third-order valence-electron chi connectivity index (χ3n) is 4.45. The number of hydrogen-bond donors (Lipinski definition) is 0. The fraction of sp³-hybridized carbons (Fsp3) is 0.368. The highest BCUT2D eigenvalue weighted by Gasteiger charge is 2.16. The highest BCUT2D eigenvalue weighted by atomic mass is 35.5. The molecule has 1 aromatic heterocycles. The second kappa shape index (κ2) is 8.07. The Hall–Kier alpha value is -1.78. The van der Waals surface area contributed by atoms with Gasteiger partial charge in [-0.3, -0.25) is 4.79 Å². The van der Waals surface area contributed by atoms with Crippen LogP contribution in [0.5, 0.6) is 0 Å². The van der Waals surface area contributed by atoms with Crippen molar-refractivity contribution >= 4 is 35.2 Å². The van der Waals surface area contributed by atoms with Crippen LogP contribution in [0, 0.1) is 6.92 Å². The quantitative estimate of drug-likeness (QED) is 0.731. The van der Waals surface area contributed by atoms with Crippen molar-refractivity contribution in [1.82, 2.24) is 14.7 Å². The molecule has 1 saturated heterocycles. The maximum Gasteiger partial charge on any atom is 0.246 e. The van der Waals surface area contributed by atoms with E-state index in [4.69, 9.17) is 23.2 Å². The van der Waals surface area contributed by atoms with Crippen LogP contribution in [0.4, 0.5) is 0 Å². The van der Waals surface area contributed by atoms with Crippen LogP contribution in [0.3, 0.4) is 0 Å². The molecule has 3 rings (SSSR count). The Morgan fingerprint density at radius 2 is 1.92 bits per heavy atom. The molecule has 2 heterocycles. The standard InChI is InChI=1S/C19H21Cl2N3O/c1-14-16(9-10-18(25)23-11-5-2-6-12-23)19(21)24(22-14)13-15-7-3-4-8-17(15)20/h3-4,7-10H,2,5-6,11-13H2,1H3/b10-9+. The lowest BCUT2D eigenvalue weighted by atomic mass is 10.1. The van der Waals surface area contributed by atoms with E-state index in [2.05, 4.69) is 5.10 Å². The molecule has 0 spiro atoms. The van der Waals surface area contributed by atoms with Gasteiger partial charge in [-0.2, -0.15) is 5.10 Å². The molecule has 0 bridgehead atoms. The van der Waals surface area contributed by atoms with E-state index in [1.54, 1.807) is 16.8 Å². The van der Waals surface area contributed by atoms with Crippen LogP contribution in [0.25, 0.3) is 6.08 Å². The van der Waals surface area contributed by atoms with Gasteiger partial charge in [0.25, 0.3) is 0 Å². The van der Waals surface area contributed by atoms with Gasteiger partial charge in [0.05, 0.1) is 12.2 Å². The zero-order valence-electron chi connectivity index (χ0n) is 14.2. The lowest BCUT2D eigenvalue weighted by Crippen LogP contribution is -2.34. The van der Waals surface area contributed by atoms with Gasteiger partial charge in [0.1, 0.15) is 5.15 Å². The highest BCUT2D eigenvalue weighted by molar-refractivity contribution is 6.32. The van der Waals surface area contributed by atoms with Gasteiger partial charge < -0.3 is 4.90 Å². The van der Waals surface area contributed by atoms with Gasteiger partial charge in [-0.15, -0.1) is 0 Å². The topological polar surface area (TPSA) is 38.1 Å². The molecule has 1 aliphatic heterocycles. The molecular weight excluding hydrogens is 357 g/mol. The summed E-state index contributed by atoms with van der Waals surface area (Å²) in [6.45, 7) is 4.05. The van der Waals surface area contributed by atoms with Crippen molar-refractivity contribution in [1.29, 1.82) is 0 Å². The van der Waals surface area contributed by atoms with Crippen molar-refractivity contribution in [2.75, 3.05) is 13.1 Å². The molecule has 0 radical (unpaired) electrons. The number of hydrogen-bond acceptors (Lipinski definition) is 2. The van der Waals surface area contributed by atoms with Gasteiger partial charge in [0.2, 0.25) is 5.91 Å². The van der Waals surface area contributed by atoms with Gasteiger partial charge in [-0.25, -0.2) is 4.68 Å². The summed E-state index contributed by atoms with van der Waals surface area (Å²) in [6.07, 6.45) is 6.73. The molecule has 2 aromatic rings. The summed E-state index contributed by atoms with van der Waals surface area (Å²) in [5, 5.41) is 5.69. The van der Waals surface area contributed by atoms with Gasteiger partial charge in [-0.05, 0) is 43.9 Å². The first-order valence-corrected chi connectivity index (χ1v) is 9.25. The van der Waals surface area contributed by atoms with E-state index in [1.807, 2.05) is 36.1 Å². The number of aryl methyl sites for hydroxylation is 1. The average molecular weight is 378 g/mol. The number of piperidine rings is 1. The fourth-order valence-electron chi connectivity index (χ4n) is 3.02. The van der Waals surface area contributed by atoms with Crippen molar-refractivity contribution < 1.29 is 4.79 Å². The third-order valence-corrected chi connectivity index (χ3v) is 5.22. The Morgan fingerprint density at radius 3 is 2.64 bits per heavy atom. The monoisotopic (exact) mass is 377 g/mol. The number of nitrogens with zero attached hydrogens (tertiary/aromatic N) is 3. The minimum absolute atomic E-state index is 0.0361. The number of benzene rings is 1.